The monoisotopic (exact) mass is 329 g/mol. The minimum Gasteiger partial charge on any atom is -0.459 e. The summed E-state index contributed by atoms with van der Waals surface area (Å²) >= 11 is 0. The molecule has 10 heteroatoms. The standard InChI is InChI=1S/C10H16FNO6S2/c1-7(2)10(13)18-8-3-5-9(6-4-8)19(14,15)12-20(11,16)17/h8-9,12H,1,3-6H2,2H3. The van der Waals surface area contributed by atoms with E-state index in [1.54, 1.807) is 0 Å². The van der Waals surface area contributed by atoms with Crippen molar-refractivity contribution in [2.75, 3.05) is 0 Å². The largest absolute Gasteiger partial charge is 0.459 e. The third kappa shape index (κ3) is 5.17. The molecule has 0 aromatic heterocycles. The topological polar surface area (TPSA) is 107 Å². The van der Waals surface area contributed by atoms with Crippen molar-refractivity contribution in [2.45, 2.75) is 44.0 Å². The molecule has 0 heterocycles. The van der Waals surface area contributed by atoms with Gasteiger partial charge in [-0.05, 0) is 32.6 Å². The predicted octanol–water partition coefficient (Wildman–Crippen LogP) is 0.551. The summed E-state index contributed by atoms with van der Waals surface area (Å²) in [4.78, 5) is 11.3. The lowest BCUT2D eigenvalue weighted by atomic mass is 9.97. The average Bonchev–Trinajstić information content (AvgIpc) is 2.26. The minimum absolute atomic E-state index is 0.0823. The number of esters is 1. The summed E-state index contributed by atoms with van der Waals surface area (Å²) in [6.45, 7) is 4.92. The molecule has 0 bridgehead atoms. The smallest absolute Gasteiger partial charge is 0.385 e. The van der Waals surface area contributed by atoms with Crippen molar-refractivity contribution in [3.63, 3.8) is 0 Å². The van der Waals surface area contributed by atoms with Crippen molar-refractivity contribution in [3.8, 4) is 0 Å². The molecular formula is C10H16FNO6S2. The fourth-order valence-corrected chi connectivity index (χ4v) is 4.47. The van der Waals surface area contributed by atoms with Gasteiger partial charge in [-0.3, -0.25) is 0 Å². The number of rotatable bonds is 5. The van der Waals surface area contributed by atoms with Crippen molar-refractivity contribution in [2.24, 2.45) is 0 Å². The Balaban J connectivity index is 2.58. The molecule has 0 saturated heterocycles. The van der Waals surface area contributed by atoms with Gasteiger partial charge in [0.15, 0.2) is 0 Å². The van der Waals surface area contributed by atoms with Gasteiger partial charge in [-0.25, -0.2) is 13.2 Å². The number of hydrogen-bond acceptors (Lipinski definition) is 6. The van der Waals surface area contributed by atoms with Crippen LogP contribution in [-0.2, 0) is 30.0 Å². The highest BCUT2D eigenvalue weighted by Crippen LogP contribution is 2.26. The van der Waals surface area contributed by atoms with E-state index in [1.807, 2.05) is 0 Å². The third-order valence-corrected chi connectivity index (χ3v) is 5.97. The highest BCUT2D eigenvalue weighted by molar-refractivity contribution is 8.02. The normalized spacial score (nSPS) is 24.1. The number of carbonyl (C=O) groups is 1. The van der Waals surface area contributed by atoms with Gasteiger partial charge >= 0.3 is 16.4 Å². The molecule has 0 aliphatic heterocycles. The molecule has 7 nitrogen and oxygen atoms in total. The Morgan fingerprint density at radius 3 is 2.10 bits per heavy atom. The van der Waals surface area contributed by atoms with Crippen LogP contribution in [0.4, 0.5) is 3.89 Å². The van der Waals surface area contributed by atoms with E-state index in [4.69, 9.17) is 4.74 Å². The highest BCUT2D eigenvalue weighted by Gasteiger charge is 2.34. The van der Waals surface area contributed by atoms with Crippen molar-refractivity contribution in [1.82, 2.24) is 4.13 Å². The molecule has 1 fully saturated rings. The first-order valence-electron chi connectivity index (χ1n) is 5.85. The van der Waals surface area contributed by atoms with Gasteiger partial charge in [0.05, 0.1) is 5.25 Å². The molecule has 0 aromatic rings. The Hall–Kier alpha value is -1.00. The first-order chi connectivity index (χ1) is 9.01. The Bertz CT molecular complexity index is 589. The van der Waals surface area contributed by atoms with E-state index in [1.165, 1.54) is 6.92 Å². The van der Waals surface area contributed by atoms with Crippen molar-refractivity contribution in [1.29, 1.82) is 0 Å². The first kappa shape index (κ1) is 17.1. The van der Waals surface area contributed by atoms with E-state index >= 15 is 0 Å². The van der Waals surface area contributed by atoms with Crippen molar-refractivity contribution in [3.05, 3.63) is 12.2 Å². The molecular weight excluding hydrogens is 313 g/mol. The van der Waals surface area contributed by atoms with Crippen LogP contribution in [-0.4, -0.2) is 34.2 Å². The summed E-state index contributed by atoms with van der Waals surface area (Å²) < 4.78 is 62.3. The van der Waals surface area contributed by atoms with Crippen LogP contribution >= 0.6 is 0 Å². The lowest BCUT2D eigenvalue weighted by molar-refractivity contribution is -0.145. The number of hydrogen-bond donors (Lipinski definition) is 1. The highest BCUT2D eigenvalue weighted by atomic mass is 32.3. The van der Waals surface area contributed by atoms with E-state index in [0.29, 0.717) is 0 Å². The Labute approximate surface area is 117 Å². The van der Waals surface area contributed by atoms with E-state index in [-0.39, 0.29) is 31.3 Å². The third-order valence-electron chi connectivity index (χ3n) is 2.90. The van der Waals surface area contributed by atoms with Crippen molar-refractivity contribution < 1.29 is 30.3 Å². The first-order valence-corrected chi connectivity index (χ1v) is 8.78. The lowest BCUT2D eigenvalue weighted by Gasteiger charge is -2.27. The zero-order chi connectivity index (χ0) is 15.6. The second-order valence-electron chi connectivity index (χ2n) is 4.65. The van der Waals surface area contributed by atoms with Crippen LogP contribution in [0.25, 0.3) is 0 Å². The van der Waals surface area contributed by atoms with Crippen LogP contribution in [0.1, 0.15) is 32.6 Å². The molecule has 0 unspecified atom stereocenters. The molecule has 116 valence electrons. The maximum atomic E-state index is 12.4. The van der Waals surface area contributed by atoms with Crippen molar-refractivity contribution >= 4 is 26.4 Å². The van der Waals surface area contributed by atoms with E-state index < -0.39 is 37.8 Å². The van der Waals surface area contributed by atoms with Crippen LogP contribution in [0.2, 0.25) is 0 Å². The number of ether oxygens (including phenoxy) is 1. The molecule has 1 N–H and O–H groups in total. The van der Waals surface area contributed by atoms with Gasteiger partial charge < -0.3 is 4.74 Å². The number of nitrogens with one attached hydrogen (secondary N) is 1. The summed E-state index contributed by atoms with van der Waals surface area (Å²) in [7, 11) is -9.59. The van der Waals surface area contributed by atoms with Gasteiger partial charge in [-0.1, -0.05) is 14.6 Å². The zero-order valence-electron chi connectivity index (χ0n) is 10.8. The SMILES string of the molecule is C=C(C)C(=O)OC1CCC(S(=O)(=O)NS(=O)(=O)F)CC1. The fraction of sp³-hybridized carbons (Fsp3) is 0.700. The van der Waals surface area contributed by atoms with Crippen LogP contribution in [0, 0.1) is 0 Å². The maximum Gasteiger partial charge on any atom is 0.385 e. The molecule has 0 amide bonds. The molecule has 1 rings (SSSR count). The molecule has 20 heavy (non-hydrogen) atoms. The summed E-state index contributed by atoms with van der Waals surface area (Å²) in [5, 5.41) is -1.02. The van der Waals surface area contributed by atoms with Crippen LogP contribution < -0.4 is 4.13 Å². The van der Waals surface area contributed by atoms with Crippen LogP contribution in [0.5, 0.6) is 0 Å². The summed E-state index contributed by atoms with van der Waals surface area (Å²) in [6.07, 6.45) is 0.249. The zero-order valence-corrected chi connectivity index (χ0v) is 12.5. The second-order valence-corrected chi connectivity index (χ2v) is 7.95. The Morgan fingerprint density at radius 1 is 1.20 bits per heavy atom. The van der Waals surface area contributed by atoms with Gasteiger partial charge in [0.1, 0.15) is 6.10 Å². The summed E-state index contributed by atoms with van der Waals surface area (Å²) in [6, 6.07) is 0. The average molecular weight is 329 g/mol. The molecule has 0 aromatic carbocycles. The van der Waals surface area contributed by atoms with Gasteiger partial charge in [0.25, 0.3) is 0 Å². The Kier molecular flexibility index (Phi) is 5.27. The second kappa shape index (κ2) is 6.19. The quantitative estimate of drug-likeness (QED) is 0.448. The van der Waals surface area contributed by atoms with Gasteiger partial charge in [0.2, 0.25) is 10.0 Å². The molecule has 1 aliphatic carbocycles. The maximum absolute atomic E-state index is 12.4. The Morgan fingerprint density at radius 2 is 1.70 bits per heavy atom. The predicted molar refractivity (Wildman–Crippen MR) is 69.0 cm³/mol. The lowest BCUT2D eigenvalue weighted by Crippen LogP contribution is -2.40. The van der Waals surface area contributed by atoms with E-state index in [0.717, 1.165) is 4.13 Å². The molecule has 0 radical (unpaired) electrons. The molecule has 0 spiro atoms. The molecule has 0 atom stereocenters. The molecule has 1 saturated carbocycles. The van der Waals surface area contributed by atoms with Gasteiger partial charge in [-0.2, -0.15) is 8.42 Å². The summed E-state index contributed by atoms with van der Waals surface area (Å²) in [5.74, 6) is -0.555. The van der Waals surface area contributed by atoms with E-state index in [2.05, 4.69) is 6.58 Å². The minimum atomic E-state index is -5.31. The fourth-order valence-electron chi connectivity index (χ4n) is 1.92. The summed E-state index contributed by atoms with van der Waals surface area (Å²) in [5.41, 5.74) is 0.241. The number of sulfonamides is 1. The van der Waals surface area contributed by atoms with E-state index in [9.17, 15) is 25.5 Å². The number of carbonyl (C=O) groups excluding carboxylic acids is 1. The van der Waals surface area contributed by atoms with Crippen LogP contribution in [0.15, 0.2) is 12.2 Å². The molecule has 1 aliphatic rings. The number of halogens is 1. The van der Waals surface area contributed by atoms with Crippen LogP contribution in [0.3, 0.4) is 0 Å². The van der Waals surface area contributed by atoms with Gasteiger partial charge in [-0.15, -0.1) is 0 Å². The van der Waals surface area contributed by atoms with Gasteiger partial charge in [0, 0.05) is 5.57 Å².